The molecule has 5 heteroatoms. The Morgan fingerprint density at radius 2 is 1.94 bits per heavy atom. The predicted molar refractivity (Wildman–Crippen MR) is 61.8 cm³/mol. The average molecular weight is 260 g/mol. The van der Waals surface area contributed by atoms with Crippen molar-refractivity contribution >= 4 is 17.3 Å². The Kier molecular flexibility index (Phi) is 2.97. The summed E-state index contributed by atoms with van der Waals surface area (Å²) < 4.78 is 26.3. The van der Waals surface area contributed by atoms with E-state index in [0.717, 1.165) is 10.4 Å². The minimum absolute atomic E-state index is 0.0245. The van der Waals surface area contributed by atoms with Crippen LogP contribution < -0.4 is 0 Å². The lowest BCUT2D eigenvalue weighted by atomic mass is 9.71. The van der Waals surface area contributed by atoms with Gasteiger partial charge in [0, 0.05) is 17.7 Å². The SMILES string of the molecule is Cc1ccsc1C1(C(=O)O)CCC(F)(F)CC1. The van der Waals surface area contributed by atoms with Crippen molar-refractivity contribution in [3.8, 4) is 0 Å². The maximum Gasteiger partial charge on any atom is 0.314 e. The van der Waals surface area contributed by atoms with E-state index in [1.54, 1.807) is 0 Å². The highest BCUT2D eigenvalue weighted by Crippen LogP contribution is 2.47. The molecule has 1 N–H and O–H groups in total. The molecule has 1 aliphatic rings. The van der Waals surface area contributed by atoms with Crippen LogP contribution in [0.5, 0.6) is 0 Å². The molecule has 0 radical (unpaired) electrons. The number of aryl methyl sites for hydroxylation is 1. The summed E-state index contributed by atoms with van der Waals surface area (Å²) in [7, 11) is 0. The number of carboxylic acid groups (broad SMARTS) is 1. The van der Waals surface area contributed by atoms with Crippen molar-refractivity contribution in [3.05, 3.63) is 21.9 Å². The lowest BCUT2D eigenvalue weighted by Gasteiger charge is -2.36. The van der Waals surface area contributed by atoms with Gasteiger partial charge in [0.05, 0.1) is 0 Å². The Balaban J connectivity index is 2.37. The van der Waals surface area contributed by atoms with Gasteiger partial charge < -0.3 is 5.11 Å². The smallest absolute Gasteiger partial charge is 0.314 e. The van der Waals surface area contributed by atoms with E-state index in [2.05, 4.69) is 0 Å². The van der Waals surface area contributed by atoms with E-state index in [4.69, 9.17) is 0 Å². The Labute approximate surface area is 102 Å². The number of halogens is 2. The van der Waals surface area contributed by atoms with E-state index in [-0.39, 0.29) is 25.7 Å². The molecule has 1 aromatic heterocycles. The summed E-state index contributed by atoms with van der Waals surface area (Å²) in [4.78, 5) is 12.2. The third kappa shape index (κ3) is 2.08. The number of thiophene rings is 1. The molecular weight excluding hydrogens is 246 g/mol. The summed E-state index contributed by atoms with van der Waals surface area (Å²) in [6.45, 7) is 1.84. The van der Waals surface area contributed by atoms with E-state index in [9.17, 15) is 18.7 Å². The number of carbonyl (C=O) groups is 1. The van der Waals surface area contributed by atoms with Crippen molar-refractivity contribution in [2.75, 3.05) is 0 Å². The molecule has 2 rings (SSSR count). The highest BCUT2D eigenvalue weighted by Gasteiger charge is 2.50. The molecule has 0 atom stereocenters. The standard InChI is InChI=1S/C12H14F2O2S/c1-8-2-7-17-9(8)11(10(15)16)3-5-12(13,14)6-4-11/h2,7H,3-6H2,1H3,(H,15,16). The highest BCUT2D eigenvalue weighted by molar-refractivity contribution is 7.10. The first-order chi connectivity index (χ1) is 7.87. The average Bonchev–Trinajstić information content (AvgIpc) is 2.65. The molecule has 0 bridgehead atoms. The van der Waals surface area contributed by atoms with Gasteiger partial charge in [-0.15, -0.1) is 11.3 Å². The Morgan fingerprint density at radius 3 is 2.35 bits per heavy atom. The van der Waals surface area contributed by atoms with Crippen molar-refractivity contribution in [2.45, 2.75) is 43.9 Å². The number of hydrogen-bond donors (Lipinski definition) is 1. The molecule has 0 spiro atoms. The van der Waals surface area contributed by atoms with Crippen molar-refractivity contribution in [2.24, 2.45) is 0 Å². The lowest BCUT2D eigenvalue weighted by molar-refractivity contribution is -0.149. The molecule has 2 nitrogen and oxygen atoms in total. The number of alkyl halides is 2. The third-order valence-electron chi connectivity index (χ3n) is 3.54. The Hall–Kier alpha value is -0.970. The Morgan fingerprint density at radius 1 is 1.35 bits per heavy atom. The first-order valence-corrected chi connectivity index (χ1v) is 6.41. The van der Waals surface area contributed by atoms with E-state index in [0.29, 0.717) is 0 Å². The van der Waals surface area contributed by atoms with Crippen molar-refractivity contribution in [1.29, 1.82) is 0 Å². The van der Waals surface area contributed by atoms with Crippen LogP contribution in [0.2, 0.25) is 0 Å². The van der Waals surface area contributed by atoms with Crippen LogP contribution in [-0.4, -0.2) is 17.0 Å². The highest BCUT2D eigenvalue weighted by atomic mass is 32.1. The zero-order valence-corrected chi connectivity index (χ0v) is 10.3. The summed E-state index contributed by atoms with van der Waals surface area (Å²) in [5, 5.41) is 11.2. The van der Waals surface area contributed by atoms with Gasteiger partial charge in [0.2, 0.25) is 5.92 Å². The van der Waals surface area contributed by atoms with Crippen LogP contribution in [0.3, 0.4) is 0 Å². The van der Waals surface area contributed by atoms with Gasteiger partial charge in [-0.25, -0.2) is 8.78 Å². The van der Waals surface area contributed by atoms with Gasteiger partial charge in [0.15, 0.2) is 0 Å². The minimum atomic E-state index is -2.70. The van der Waals surface area contributed by atoms with Crippen LogP contribution in [0.25, 0.3) is 0 Å². The van der Waals surface area contributed by atoms with Crippen molar-refractivity contribution < 1.29 is 18.7 Å². The van der Waals surface area contributed by atoms with Crippen molar-refractivity contribution in [3.63, 3.8) is 0 Å². The van der Waals surface area contributed by atoms with Gasteiger partial charge in [-0.3, -0.25) is 4.79 Å². The first-order valence-electron chi connectivity index (χ1n) is 5.53. The largest absolute Gasteiger partial charge is 0.481 e. The molecule has 1 saturated carbocycles. The first kappa shape index (κ1) is 12.5. The fraction of sp³-hybridized carbons (Fsp3) is 0.583. The van der Waals surface area contributed by atoms with Gasteiger partial charge in [0.25, 0.3) is 0 Å². The summed E-state index contributed by atoms with van der Waals surface area (Å²) in [5.74, 6) is -3.68. The van der Waals surface area contributed by atoms with E-state index >= 15 is 0 Å². The molecule has 1 aromatic rings. The molecule has 17 heavy (non-hydrogen) atoms. The van der Waals surface area contributed by atoms with Gasteiger partial charge in [-0.05, 0) is 36.8 Å². The lowest BCUT2D eigenvalue weighted by Crippen LogP contribution is -2.42. The second kappa shape index (κ2) is 4.05. The summed E-state index contributed by atoms with van der Waals surface area (Å²) in [6.07, 6.45) is -0.624. The van der Waals surface area contributed by atoms with Gasteiger partial charge in [-0.1, -0.05) is 0 Å². The molecule has 1 heterocycles. The quantitative estimate of drug-likeness (QED) is 0.882. The molecule has 94 valence electrons. The van der Waals surface area contributed by atoms with Gasteiger partial charge >= 0.3 is 5.97 Å². The minimum Gasteiger partial charge on any atom is -0.481 e. The number of carboxylic acids is 1. The third-order valence-corrected chi connectivity index (χ3v) is 4.76. The van der Waals surface area contributed by atoms with Crippen LogP contribution in [0, 0.1) is 6.92 Å². The van der Waals surface area contributed by atoms with Gasteiger partial charge in [0.1, 0.15) is 5.41 Å². The second-order valence-electron chi connectivity index (χ2n) is 4.68. The van der Waals surface area contributed by atoms with Crippen LogP contribution in [0.1, 0.15) is 36.1 Å². The van der Waals surface area contributed by atoms with Crippen LogP contribution in [-0.2, 0) is 10.2 Å². The fourth-order valence-electron chi connectivity index (χ4n) is 2.44. The number of rotatable bonds is 2. The molecule has 0 unspecified atom stereocenters. The van der Waals surface area contributed by atoms with Crippen LogP contribution in [0.15, 0.2) is 11.4 Å². The molecule has 0 saturated heterocycles. The monoisotopic (exact) mass is 260 g/mol. The molecular formula is C12H14F2O2S. The summed E-state index contributed by atoms with van der Waals surface area (Å²) in [5.41, 5.74) is -0.206. The summed E-state index contributed by atoms with van der Waals surface area (Å²) in [6, 6.07) is 1.84. The molecule has 0 aliphatic heterocycles. The zero-order chi connectivity index (χ0) is 12.7. The summed E-state index contributed by atoms with van der Waals surface area (Å²) >= 11 is 1.36. The molecule has 1 fully saturated rings. The van der Waals surface area contributed by atoms with Crippen LogP contribution in [0.4, 0.5) is 8.78 Å². The maximum atomic E-state index is 13.2. The normalized spacial score (nSPS) is 22.3. The molecule has 1 aliphatic carbocycles. The number of hydrogen-bond acceptors (Lipinski definition) is 2. The van der Waals surface area contributed by atoms with E-state index in [1.165, 1.54) is 11.3 Å². The molecule has 0 aromatic carbocycles. The van der Waals surface area contributed by atoms with Crippen LogP contribution >= 0.6 is 11.3 Å². The second-order valence-corrected chi connectivity index (χ2v) is 5.59. The topological polar surface area (TPSA) is 37.3 Å². The predicted octanol–water partition coefficient (Wildman–Crippen LogP) is 3.59. The van der Waals surface area contributed by atoms with E-state index < -0.39 is 17.3 Å². The van der Waals surface area contributed by atoms with E-state index in [1.807, 2.05) is 18.4 Å². The number of aliphatic carboxylic acids is 1. The maximum absolute atomic E-state index is 13.2. The zero-order valence-electron chi connectivity index (χ0n) is 9.50. The fourth-order valence-corrected chi connectivity index (χ4v) is 3.62. The molecule has 0 amide bonds. The Bertz CT molecular complexity index is 429. The van der Waals surface area contributed by atoms with Gasteiger partial charge in [-0.2, -0.15) is 0 Å². The van der Waals surface area contributed by atoms with Crippen molar-refractivity contribution in [1.82, 2.24) is 0 Å².